The van der Waals surface area contributed by atoms with Crippen LogP contribution in [-0.4, -0.2) is 30.2 Å². The number of hydrogen-bond donors (Lipinski definition) is 1. The van der Waals surface area contributed by atoms with Gasteiger partial charge in [-0.3, -0.25) is 15.0 Å². The summed E-state index contributed by atoms with van der Waals surface area (Å²) >= 11 is 0. The molecule has 8 heteroatoms. The molecule has 0 amide bonds. The first kappa shape index (κ1) is 15.7. The summed E-state index contributed by atoms with van der Waals surface area (Å²) in [5.74, 6) is -5.30. The number of ketones is 2. The summed E-state index contributed by atoms with van der Waals surface area (Å²) in [6.45, 7) is 1.34. The van der Waals surface area contributed by atoms with Crippen LogP contribution in [0, 0.1) is 0 Å². The number of nitrogens with zero attached hydrogens (tertiary/aromatic N) is 1. The van der Waals surface area contributed by atoms with E-state index < -0.39 is 23.6 Å². The maximum atomic E-state index is 12.2. The standard InChI is InChI=1S/C12H11F3N2O3/c1-2-20-11(9(18)10(19)12(13,14)15)17-16-8-6-4-3-5-7-8/h3-7,16H,2H2,1H3. The number of hydrogen-bond acceptors (Lipinski definition) is 5. The van der Waals surface area contributed by atoms with E-state index in [2.05, 4.69) is 15.3 Å². The van der Waals surface area contributed by atoms with Gasteiger partial charge in [0.25, 0.3) is 11.7 Å². The summed E-state index contributed by atoms with van der Waals surface area (Å²) in [5.41, 5.74) is 2.77. The van der Waals surface area contributed by atoms with Crippen LogP contribution in [0.25, 0.3) is 0 Å². The van der Waals surface area contributed by atoms with Gasteiger partial charge in [-0.25, -0.2) is 0 Å². The highest BCUT2D eigenvalue weighted by Crippen LogP contribution is 2.17. The second-order valence-electron chi connectivity index (χ2n) is 3.48. The van der Waals surface area contributed by atoms with E-state index in [1.165, 1.54) is 6.92 Å². The van der Waals surface area contributed by atoms with Crippen molar-refractivity contribution in [2.75, 3.05) is 12.0 Å². The monoisotopic (exact) mass is 288 g/mol. The Morgan fingerprint density at radius 2 is 1.85 bits per heavy atom. The predicted octanol–water partition coefficient (Wildman–Crippen LogP) is 2.15. The van der Waals surface area contributed by atoms with E-state index in [1.807, 2.05) is 0 Å². The number of anilines is 1. The van der Waals surface area contributed by atoms with Crippen molar-refractivity contribution in [3.05, 3.63) is 30.3 Å². The van der Waals surface area contributed by atoms with Gasteiger partial charge in [-0.1, -0.05) is 18.2 Å². The molecule has 0 aliphatic heterocycles. The third kappa shape index (κ3) is 4.38. The van der Waals surface area contributed by atoms with Crippen molar-refractivity contribution in [1.29, 1.82) is 0 Å². The quantitative estimate of drug-likeness (QED) is 0.390. The zero-order chi connectivity index (χ0) is 15.2. The number of ether oxygens (including phenoxy) is 1. The topological polar surface area (TPSA) is 67.8 Å². The lowest BCUT2D eigenvalue weighted by Gasteiger charge is -2.08. The van der Waals surface area contributed by atoms with Crippen LogP contribution in [-0.2, 0) is 14.3 Å². The second kappa shape index (κ2) is 6.69. The van der Waals surface area contributed by atoms with Gasteiger partial charge in [-0.2, -0.15) is 13.2 Å². The molecule has 0 aliphatic rings. The third-order valence-corrected chi connectivity index (χ3v) is 2.00. The second-order valence-corrected chi connectivity index (χ2v) is 3.48. The van der Waals surface area contributed by atoms with E-state index in [0.29, 0.717) is 5.69 Å². The van der Waals surface area contributed by atoms with E-state index in [9.17, 15) is 22.8 Å². The fourth-order valence-corrected chi connectivity index (χ4v) is 1.14. The summed E-state index contributed by atoms with van der Waals surface area (Å²) in [5, 5.41) is 3.39. The molecule has 1 aromatic carbocycles. The van der Waals surface area contributed by atoms with Crippen LogP contribution in [0.1, 0.15) is 6.92 Å². The van der Waals surface area contributed by atoms with E-state index >= 15 is 0 Å². The number of rotatable bonds is 5. The molecule has 0 radical (unpaired) electrons. The van der Waals surface area contributed by atoms with Gasteiger partial charge < -0.3 is 4.74 Å². The minimum Gasteiger partial charge on any atom is -0.474 e. The predicted molar refractivity (Wildman–Crippen MR) is 65.2 cm³/mol. The van der Waals surface area contributed by atoms with E-state index in [-0.39, 0.29) is 6.61 Å². The molecule has 0 bridgehead atoms. The van der Waals surface area contributed by atoms with Crippen molar-refractivity contribution >= 4 is 23.2 Å². The maximum Gasteiger partial charge on any atom is 0.458 e. The fourth-order valence-electron chi connectivity index (χ4n) is 1.14. The number of alkyl halides is 3. The minimum absolute atomic E-state index is 0.105. The zero-order valence-electron chi connectivity index (χ0n) is 10.4. The summed E-state index contributed by atoms with van der Waals surface area (Å²) < 4.78 is 41.1. The number of halogens is 3. The lowest BCUT2D eigenvalue weighted by molar-refractivity contribution is -0.172. The SMILES string of the molecule is CCOC(=NNc1ccccc1)C(=O)C(=O)C(F)(F)F. The number of Topliss-reactive ketones (excluding diaryl/α,β-unsaturated/α-hetero) is 2. The molecule has 108 valence electrons. The van der Waals surface area contributed by atoms with Gasteiger partial charge in [0.05, 0.1) is 12.3 Å². The van der Waals surface area contributed by atoms with Crippen LogP contribution >= 0.6 is 0 Å². The Bertz CT molecular complexity index is 512. The first-order chi connectivity index (χ1) is 9.36. The Morgan fingerprint density at radius 3 is 2.35 bits per heavy atom. The molecule has 0 unspecified atom stereocenters. The Labute approximate surface area is 112 Å². The van der Waals surface area contributed by atoms with Crippen LogP contribution in [0.15, 0.2) is 35.4 Å². The molecule has 0 atom stereocenters. The molecule has 5 nitrogen and oxygen atoms in total. The molecule has 0 heterocycles. The molecule has 1 N–H and O–H groups in total. The highest BCUT2D eigenvalue weighted by molar-refractivity contribution is 6.64. The molecule has 0 saturated carbocycles. The minimum atomic E-state index is -5.26. The Morgan fingerprint density at radius 1 is 1.25 bits per heavy atom. The Kier molecular flexibility index (Phi) is 5.24. The lowest BCUT2D eigenvalue weighted by Crippen LogP contribution is -2.37. The average molecular weight is 288 g/mol. The summed E-state index contributed by atoms with van der Waals surface area (Å²) in [6.07, 6.45) is -5.26. The highest BCUT2D eigenvalue weighted by Gasteiger charge is 2.45. The van der Waals surface area contributed by atoms with Crippen LogP contribution in [0.2, 0.25) is 0 Å². The molecule has 1 rings (SSSR count). The number of para-hydroxylation sites is 1. The van der Waals surface area contributed by atoms with Gasteiger partial charge in [0.15, 0.2) is 0 Å². The maximum absolute atomic E-state index is 12.2. The fraction of sp³-hybridized carbons (Fsp3) is 0.250. The van der Waals surface area contributed by atoms with E-state index in [1.54, 1.807) is 30.3 Å². The molecular weight excluding hydrogens is 277 g/mol. The average Bonchev–Trinajstić information content (AvgIpc) is 2.42. The van der Waals surface area contributed by atoms with Crippen molar-refractivity contribution < 1.29 is 27.5 Å². The number of carbonyl (C=O) groups is 2. The first-order valence-corrected chi connectivity index (χ1v) is 5.53. The molecular formula is C12H11F3N2O3. The highest BCUT2D eigenvalue weighted by atomic mass is 19.4. The van der Waals surface area contributed by atoms with E-state index in [4.69, 9.17) is 0 Å². The molecule has 0 saturated heterocycles. The molecule has 20 heavy (non-hydrogen) atoms. The Hall–Kier alpha value is -2.38. The largest absolute Gasteiger partial charge is 0.474 e. The van der Waals surface area contributed by atoms with Gasteiger partial charge in [-0.05, 0) is 19.1 Å². The smallest absolute Gasteiger partial charge is 0.458 e. The van der Waals surface area contributed by atoms with Gasteiger partial charge in [-0.15, -0.1) is 5.10 Å². The van der Waals surface area contributed by atoms with Crippen LogP contribution in [0.4, 0.5) is 18.9 Å². The molecule has 0 spiro atoms. The van der Waals surface area contributed by atoms with Crippen molar-refractivity contribution in [3.63, 3.8) is 0 Å². The molecule has 0 aliphatic carbocycles. The van der Waals surface area contributed by atoms with Gasteiger partial charge in [0.2, 0.25) is 0 Å². The Balaban J connectivity index is 2.88. The van der Waals surface area contributed by atoms with Gasteiger partial charge >= 0.3 is 12.0 Å². The molecule has 1 aromatic rings. The third-order valence-electron chi connectivity index (χ3n) is 2.00. The summed E-state index contributed by atoms with van der Waals surface area (Å²) in [7, 11) is 0. The van der Waals surface area contributed by atoms with Gasteiger partial charge in [0.1, 0.15) is 0 Å². The van der Waals surface area contributed by atoms with Crippen LogP contribution in [0.5, 0.6) is 0 Å². The number of nitrogens with one attached hydrogen (secondary N) is 1. The normalized spacial score (nSPS) is 11.9. The summed E-state index contributed by atoms with van der Waals surface area (Å²) in [4.78, 5) is 22.2. The zero-order valence-corrected chi connectivity index (χ0v) is 10.4. The van der Waals surface area contributed by atoms with Gasteiger partial charge in [0, 0.05) is 0 Å². The molecule has 0 fully saturated rings. The first-order valence-electron chi connectivity index (χ1n) is 5.53. The summed E-state index contributed by atoms with van der Waals surface area (Å²) in [6, 6.07) is 8.17. The van der Waals surface area contributed by atoms with Crippen molar-refractivity contribution in [2.45, 2.75) is 13.1 Å². The lowest BCUT2D eigenvalue weighted by atomic mass is 10.2. The van der Waals surface area contributed by atoms with Crippen molar-refractivity contribution in [2.24, 2.45) is 5.10 Å². The van der Waals surface area contributed by atoms with Crippen molar-refractivity contribution in [3.8, 4) is 0 Å². The van der Waals surface area contributed by atoms with Crippen LogP contribution < -0.4 is 5.43 Å². The number of carbonyl (C=O) groups excluding carboxylic acids is 2. The molecule has 0 aromatic heterocycles. The van der Waals surface area contributed by atoms with Crippen molar-refractivity contribution in [1.82, 2.24) is 0 Å². The number of hydrazone groups is 1. The van der Waals surface area contributed by atoms with E-state index in [0.717, 1.165) is 0 Å². The van der Waals surface area contributed by atoms with Crippen LogP contribution in [0.3, 0.4) is 0 Å². The number of benzene rings is 1.